The van der Waals surface area contributed by atoms with E-state index >= 15 is 0 Å². The summed E-state index contributed by atoms with van der Waals surface area (Å²) in [5.41, 5.74) is 6.02. The lowest BCUT2D eigenvalue weighted by Gasteiger charge is -2.45. The molecule has 82 valence electrons. The molecule has 2 rings (SSSR count). The number of hydrogen-bond donors (Lipinski definition) is 2. The lowest BCUT2D eigenvalue weighted by molar-refractivity contribution is -0.116. The Morgan fingerprint density at radius 1 is 1.47 bits per heavy atom. The molecule has 3 nitrogen and oxygen atoms in total. The standard InChI is InChI=1S/C11H14ClNO2/c12-9-4-2-1-3-8(9)11(6-15-7-11)10(14)5-13/h1-4,10,14H,5-7,13H2. The first-order valence-electron chi connectivity index (χ1n) is 4.91. The fourth-order valence-corrected chi connectivity index (χ4v) is 2.26. The summed E-state index contributed by atoms with van der Waals surface area (Å²) >= 11 is 6.11. The number of aliphatic hydroxyl groups is 1. The Labute approximate surface area is 93.8 Å². The van der Waals surface area contributed by atoms with Crippen LogP contribution >= 0.6 is 11.6 Å². The zero-order valence-corrected chi connectivity index (χ0v) is 9.07. The molecule has 1 aromatic rings. The van der Waals surface area contributed by atoms with Crippen LogP contribution in [0, 0.1) is 0 Å². The quantitative estimate of drug-likeness (QED) is 0.808. The van der Waals surface area contributed by atoms with Gasteiger partial charge in [0.05, 0.1) is 24.7 Å². The first-order valence-corrected chi connectivity index (χ1v) is 5.29. The molecule has 4 heteroatoms. The van der Waals surface area contributed by atoms with Gasteiger partial charge in [-0.25, -0.2) is 0 Å². The Bertz CT molecular complexity index is 352. The van der Waals surface area contributed by atoms with Gasteiger partial charge in [0.25, 0.3) is 0 Å². The molecule has 0 saturated carbocycles. The highest BCUT2D eigenvalue weighted by Crippen LogP contribution is 2.39. The third-order valence-corrected chi connectivity index (χ3v) is 3.32. The molecule has 0 aromatic heterocycles. The average Bonchev–Trinajstić information content (AvgIpc) is 2.19. The van der Waals surface area contributed by atoms with Gasteiger partial charge in [-0.3, -0.25) is 0 Å². The van der Waals surface area contributed by atoms with Gasteiger partial charge in [-0.1, -0.05) is 29.8 Å². The molecule has 0 bridgehead atoms. The number of halogens is 1. The molecule has 1 aliphatic heterocycles. The van der Waals surface area contributed by atoms with Crippen LogP contribution in [-0.2, 0) is 10.2 Å². The van der Waals surface area contributed by atoms with Crippen LogP contribution in [-0.4, -0.2) is 31.0 Å². The molecule has 15 heavy (non-hydrogen) atoms. The lowest BCUT2D eigenvalue weighted by atomic mass is 9.74. The van der Waals surface area contributed by atoms with E-state index < -0.39 is 11.5 Å². The highest BCUT2D eigenvalue weighted by molar-refractivity contribution is 6.31. The molecule has 1 unspecified atom stereocenters. The summed E-state index contributed by atoms with van der Waals surface area (Å²) in [6, 6.07) is 7.52. The maximum atomic E-state index is 9.94. The van der Waals surface area contributed by atoms with E-state index in [2.05, 4.69) is 0 Å². The summed E-state index contributed by atoms with van der Waals surface area (Å²) in [5, 5.41) is 10.6. The normalized spacial score (nSPS) is 20.7. The van der Waals surface area contributed by atoms with Gasteiger partial charge < -0.3 is 15.6 Å². The summed E-state index contributed by atoms with van der Waals surface area (Å²) in [4.78, 5) is 0. The van der Waals surface area contributed by atoms with Crippen LogP contribution < -0.4 is 5.73 Å². The van der Waals surface area contributed by atoms with Crippen LogP contribution in [0.5, 0.6) is 0 Å². The fourth-order valence-electron chi connectivity index (χ4n) is 1.94. The van der Waals surface area contributed by atoms with Crippen LogP contribution in [0.1, 0.15) is 5.56 Å². The summed E-state index contributed by atoms with van der Waals surface area (Å²) < 4.78 is 5.20. The Hall–Kier alpha value is -0.610. The first-order chi connectivity index (χ1) is 7.20. The van der Waals surface area contributed by atoms with E-state index in [9.17, 15) is 5.11 Å². The Morgan fingerprint density at radius 2 is 2.13 bits per heavy atom. The van der Waals surface area contributed by atoms with Gasteiger partial charge in [0.15, 0.2) is 0 Å². The number of aliphatic hydroxyl groups excluding tert-OH is 1. The summed E-state index contributed by atoms with van der Waals surface area (Å²) in [6.07, 6.45) is -0.605. The van der Waals surface area contributed by atoms with E-state index in [0.29, 0.717) is 18.2 Å². The van der Waals surface area contributed by atoms with Crippen molar-refractivity contribution in [2.75, 3.05) is 19.8 Å². The van der Waals surface area contributed by atoms with E-state index in [1.54, 1.807) is 0 Å². The largest absolute Gasteiger partial charge is 0.391 e. The van der Waals surface area contributed by atoms with Crippen molar-refractivity contribution >= 4 is 11.6 Å². The van der Waals surface area contributed by atoms with Crippen molar-refractivity contribution in [2.45, 2.75) is 11.5 Å². The number of ether oxygens (including phenoxy) is 1. The fraction of sp³-hybridized carbons (Fsp3) is 0.455. The Balaban J connectivity index is 2.38. The second-order valence-electron chi connectivity index (χ2n) is 3.88. The maximum absolute atomic E-state index is 9.94. The minimum Gasteiger partial charge on any atom is -0.391 e. The molecule has 0 amide bonds. The van der Waals surface area contributed by atoms with Gasteiger partial charge in [-0.2, -0.15) is 0 Å². The number of nitrogens with two attached hydrogens (primary N) is 1. The number of benzene rings is 1. The third kappa shape index (κ3) is 1.66. The predicted octanol–water partition coefficient (Wildman–Crippen LogP) is 0.928. The zero-order chi connectivity index (χ0) is 10.9. The monoisotopic (exact) mass is 227 g/mol. The van der Waals surface area contributed by atoms with Gasteiger partial charge in [0, 0.05) is 11.6 Å². The Kier molecular flexibility index (Phi) is 2.98. The lowest BCUT2D eigenvalue weighted by Crippen LogP contribution is -2.57. The molecule has 1 aromatic carbocycles. The highest BCUT2D eigenvalue weighted by atomic mass is 35.5. The molecule has 1 atom stereocenters. The van der Waals surface area contributed by atoms with E-state index in [4.69, 9.17) is 22.1 Å². The summed E-state index contributed by atoms with van der Waals surface area (Å²) in [6.45, 7) is 1.18. The van der Waals surface area contributed by atoms with Crippen molar-refractivity contribution in [1.29, 1.82) is 0 Å². The van der Waals surface area contributed by atoms with Crippen molar-refractivity contribution in [3.05, 3.63) is 34.9 Å². The van der Waals surface area contributed by atoms with Crippen molar-refractivity contribution < 1.29 is 9.84 Å². The van der Waals surface area contributed by atoms with Crippen LogP contribution in [0.4, 0.5) is 0 Å². The minimum absolute atomic E-state index is 0.217. The van der Waals surface area contributed by atoms with Crippen molar-refractivity contribution in [2.24, 2.45) is 5.73 Å². The van der Waals surface area contributed by atoms with E-state index in [1.165, 1.54) is 0 Å². The molecule has 1 saturated heterocycles. The van der Waals surface area contributed by atoms with Crippen LogP contribution in [0.15, 0.2) is 24.3 Å². The molecular weight excluding hydrogens is 214 g/mol. The highest BCUT2D eigenvalue weighted by Gasteiger charge is 2.47. The minimum atomic E-state index is -0.605. The molecule has 0 radical (unpaired) electrons. The topological polar surface area (TPSA) is 55.5 Å². The molecular formula is C11H14ClNO2. The predicted molar refractivity (Wildman–Crippen MR) is 59.0 cm³/mol. The Morgan fingerprint density at radius 3 is 2.60 bits per heavy atom. The second kappa shape index (κ2) is 4.10. The molecule has 3 N–H and O–H groups in total. The number of rotatable bonds is 3. The van der Waals surface area contributed by atoms with Crippen LogP contribution in [0.3, 0.4) is 0 Å². The van der Waals surface area contributed by atoms with Gasteiger partial charge in [0.2, 0.25) is 0 Å². The van der Waals surface area contributed by atoms with Crippen molar-refractivity contribution in [3.63, 3.8) is 0 Å². The smallest absolute Gasteiger partial charge is 0.0803 e. The van der Waals surface area contributed by atoms with Crippen molar-refractivity contribution in [1.82, 2.24) is 0 Å². The van der Waals surface area contributed by atoms with E-state index in [1.807, 2.05) is 24.3 Å². The molecule has 1 aliphatic rings. The van der Waals surface area contributed by atoms with E-state index in [0.717, 1.165) is 5.56 Å². The summed E-state index contributed by atoms with van der Waals surface area (Å²) in [5.74, 6) is 0. The number of hydrogen-bond acceptors (Lipinski definition) is 3. The maximum Gasteiger partial charge on any atom is 0.0803 e. The molecule has 0 aliphatic carbocycles. The second-order valence-corrected chi connectivity index (χ2v) is 4.29. The van der Waals surface area contributed by atoms with Gasteiger partial charge in [0.1, 0.15) is 0 Å². The molecule has 0 spiro atoms. The first kappa shape index (κ1) is 10.9. The molecule has 1 heterocycles. The van der Waals surface area contributed by atoms with E-state index in [-0.39, 0.29) is 6.54 Å². The van der Waals surface area contributed by atoms with Gasteiger partial charge in [-0.05, 0) is 11.6 Å². The third-order valence-electron chi connectivity index (χ3n) is 2.99. The van der Waals surface area contributed by atoms with Crippen LogP contribution in [0.2, 0.25) is 5.02 Å². The average molecular weight is 228 g/mol. The van der Waals surface area contributed by atoms with Crippen molar-refractivity contribution in [3.8, 4) is 0 Å². The molecule has 1 fully saturated rings. The van der Waals surface area contributed by atoms with Gasteiger partial charge >= 0.3 is 0 Å². The summed E-state index contributed by atoms with van der Waals surface area (Å²) in [7, 11) is 0. The SMILES string of the molecule is NCC(O)C1(c2ccccc2Cl)COC1. The van der Waals surface area contributed by atoms with Gasteiger partial charge in [-0.15, -0.1) is 0 Å². The van der Waals surface area contributed by atoms with Crippen LogP contribution in [0.25, 0.3) is 0 Å². The zero-order valence-electron chi connectivity index (χ0n) is 8.32.